The molecule has 0 saturated carbocycles. The first-order chi connectivity index (χ1) is 14.7. The fourth-order valence-corrected chi connectivity index (χ4v) is 2.83. The molecule has 0 radical (unpaired) electrons. The van der Waals surface area contributed by atoms with Gasteiger partial charge in [-0.3, -0.25) is 4.79 Å². The molecule has 1 aliphatic rings. The Kier molecular flexibility index (Phi) is 5.58. The summed E-state index contributed by atoms with van der Waals surface area (Å²) < 4.78 is 16.2. The molecule has 0 fully saturated rings. The standard InChI is InChI=1S/C23H17N3O4/c24-12-18-3-1-2-4-19(18)14-28-20-8-5-16(6-9-20)13-25-26-23(27)17-7-10-21-22(11-17)30-15-29-21/h1-11,13H,14-15H2,(H,26,27)/b25-13+. The van der Waals surface area contributed by atoms with Crippen molar-refractivity contribution in [3.8, 4) is 23.3 Å². The van der Waals surface area contributed by atoms with Crippen molar-refractivity contribution in [1.82, 2.24) is 5.43 Å². The largest absolute Gasteiger partial charge is 0.489 e. The van der Waals surface area contributed by atoms with E-state index in [-0.39, 0.29) is 12.7 Å². The number of carbonyl (C=O) groups is 1. The van der Waals surface area contributed by atoms with Gasteiger partial charge >= 0.3 is 0 Å². The Morgan fingerprint density at radius 1 is 1.10 bits per heavy atom. The van der Waals surface area contributed by atoms with E-state index >= 15 is 0 Å². The van der Waals surface area contributed by atoms with Crippen LogP contribution in [0.3, 0.4) is 0 Å². The van der Waals surface area contributed by atoms with E-state index in [2.05, 4.69) is 16.6 Å². The second-order valence-corrected chi connectivity index (χ2v) is 6.39. The Morgan fingerprint density at radius 3 is 2.73 bits per heavy atom. The number of ether oxygens (including phenoxy) is 3. The van der Waals surface area contributed by atoms with Crippen LogP contribution in [0.5, 0.6) is 17.2 Å². The summed E-state index contributed by atoms with van der Waals surface area (Å²) in [7, 11) is 0. The summed E-state index contributed by atoms with van der Waals surface area (Å²) in [5.74, 6) is 1.48. The third-order valence-electron chi connectivity index (χ3n) is 4.43. The van der Waals surface area contributed by atoms with Crippen molar-refractivity contribution < 1.29 is 19.0 Å². The quantitative estimate of drug-likeness (QED) is 0.505. The number of benzene rings is 3. The third-order valence-corrected chi connectivity index (χ3v) is 4.43. The van der Waals surface area contributed by atoms with Gasteiger partial charge in [-0.05, 0) is 54.1 Å². The first-order valence-corrected chi connectivity index (χ1v) is 9.17. The van der Waals surface area contributed by atoms with Crippen LogP contribution in [-0.2, 0) is 6.61 Å². The Morgan fingerprint density at radius 2 is 1.90 bits per heavy atom. The van der Waals surface area contributed by atoms with Crippen LogP contribution in [-0.4, -0.2) is 18.9 Å². The average Bonchev–Trinajstić information content (AvgIpc) is 3.26. The molecule has 0 aromatic heterocycles. The van der Waals surface area contributed by atoms with Gasteiger partial charge < -0.3 is 14.2 Å². The van der Waals surface area contributed by atoms with Gasteiger partial charge in [0, 0.05) is 11.1 Å². The van der Waals surface area contributed by atoms with Gasteiger partial charge in [-0.25, -0.2) is 5.43 Å². The fourth-order valence-electron chi connectivity index (χ4n) is 2.83. The topological polar surface area (TPSA) is 92.9 Å². The van der Waals surface area contributed by atoms with Crippen molar-refractivity contribution in [1.29, 1.82) is 5.26 Å². The number of carbonyl (C=O) groups excluding carboxylic acids is 1. The van der Waals surface area contributed by atoms with Crippen LogP contribution in [0.1, 0.15) is 27.0 Å². The van der Waals surface area contributed by atoms with E-state index in [4.69, 9.17) is 19.5 Å². The Bertz CT molecular complexity index is 1130. The molecule has 1 heterocycles. The molecule has 4 rings (SSSR count). The molecule has 1 amide bonds. The lowest BCUT2D eigenvalue weighted by Crippen LogP contribution is -2.17. The molecule has 0 bridgehead atoms. The van der Waals surface area contributed by atoms with Crippen molar-refractivity contribution in [3.05, 3.63) is 89.0 Å². The predicted octanol–water partition coefficient (Wildman–Crippen LogP) is 3.63. The molecule has 3 aromatic rings. The van der Waals surface area contributed by atoms with Crippen LogP contribution in [0, 0.1) is 11.3 Å². The highest BCUT2D eigenvalue weighted by atomic mass is 16.7. The summed E-state index contributed by atoms with van der Waals surface area (Å²) in [5, 5.41) is 13.1. The van der Waals surface area contributed by atoms with Crippen molar-refractivity contribution >= 4 is 12.1 Å². The van der Waals surface area contributed by atoms with E-state index in [9.17, 15) is 4.79 Å². The lowest BCUT2D eigenvalue weighted by Gasteiger charge is -2.07. The van der Waals surface area contributed by atoms with E-state index in [0.29, 0.717) is 35.0 Å². The minimum atomic E-state index is -0.347. The predicted molar refractivity (Wildman–Crippen MR) is 110 cm³/mol. The maximum atomic E-state index is 12.2. The third kappa shape index (κ3) is 4.39. The highest BCUT2D eigenvalue weighted by Crippen LogP contribution is 2.32. The fraction of sp³-hybridized carbons (Fsp3) is 0.0870. The van der Waals surface area contributed by atoms with Crippen LogP contribution >= 0.6 is 0 Å². The molecule has 30 heavy (non-hydrogen) atoms. The highest BCUT2D eigenvalue weighted by Gasteiger charge is 2.15. The van der Waals surface area contributed by atoms with Gasteiger partial charge in [-0.2, -0.15) is 10.4 Å². The molecule has 0 saturated heterocycles. The van der Waals surface area contributed by atoms with Gasteiger partial charge in [0.15, 0.2) is 11.5 Å². The number of hydrazone groups is 1. The number of hydrogen-bond acceptors (Lipinski definition) is 6. The lowest BCUT2D eigenvalue weighted by atomic mass is 10.1. The minimum absolute atomic E-state index is 0.156. The first kappa shape index (κ1) is 19.0. The maximum absolute atomic E-state index is 12.2. The SMILES string of the molecule is N#Cc1ccccc1COc1ccc(/C=N/NC(=O)c2ccc3c(c2)OCO3)cc1. The number of hydrogen-bond donors (Lipinski definition) is 1. The zero-order valence-corrected chi connectivity index (χ0v) is 15.9. The van der Waals surface area contributed by atoms with Gasteiger partial charge in [0.25, 0.3) is 5.91 Å². The van der Waals surface area contributed by atoms with Crippen LogP contribution < -0.4 is 19.6 Å². The molecule has 0 atom stereocenters. The van der Waals surface area contributed by atoms with Crippen LogP contribution in [0.25, 0.3) is 0 Å². The molecule has 0 aliphatic carbocycles. The Hall–Kier alpha value is -4.31. The van der Waals surface area contributed by atoms with Gasteiger partial charge in [0.1, 0.15) is 12.4 Å². The molecule has 0 spiro atoms. The van der Waals surface area contributed by atoms with E-state index in [1.165, 1.54) is 0 Å². The molecular formula is C23H17N3O4. The molecule has 0 unspecified atom stereocenters. The monoisotopic (exact) mass is 399 g/mol. The number of amides is 1. The summed E-state index contributed by atoms with van der Waals surface area (Å²) in [6.07, 6.45) is 1.54. The molecule has 1 N–H and O–H groups in total. The van der Waals surface area contributed by atoms with E-state index in [1.807, 2.05) is 30.3 Å². The summed E-state index contributed by atoms with van der Waals surface area (Å²) in [6.45, 7) is 0.464. The Labute approximate surface area is 173 Å². The molecule has 148 valence electrons. The number of nitriles is 1. The van der Waals surface area contributed by atoms with Gasteiger partial charge in [-0.15, -0.1) is 0 Å². The molecular weight excluding hydrogens is 382 g/mol. The first-order valence-electron chi connectivity index (χ1n) is 9.17. The highest BCUT2D eigenvalue weighted by molar-refractivity contribution is 5.95. The van der Waals surface area contributed by atoms with Crippen molar-refractivity contribution in [2.45, 2.75) is 6.61 Å². The number of rotatable bonds is 6. The second kappa shape index (κ2) is 8.80. The lowest BCUT2D eigenvalue weighted by molar-refractivity contribution is 0.0954. The van der Waals surface area contributed by atoms with Gasteiger partial charge in [0.05, 0.1) is 17.8 Å². The van der Waals surface area contributed by atoms with Crippen molar-refractivity contribution in [2.24, 2.45) is 5.10 Å². The second-order valence-electron chi connectivity index (χ2n) is 6.39. The summed E-state index contributed by atoms with van der Waals surface area (Å²) in [6, 6.07) is 21.7. The molecule has 7 nitrogen and oxygen atoms in total. The van der Waals surface area contributed by atoms with Crippen LogP contribution in [0.2, 0.25) is 0 Å². The molecule has 1 aliphatic heterocycles. The smallest absolute Gasteiger partial charge is 0.271 e. The normalized spacial score (nSPS) is 11.8. The van der Waals surface area contributed by atoms with Crippen LogP contribution in [0.15, 0.2) is 71.8 Å². The molecule has 7 heteroatoms. The van der Waals surface area contributed by atoms with Crippen LogP contribution in [0.4, 0.5) is 0 Å². The zero-order chi connectivity index (χ0) is 20.8. The van der Waals surface area contributed by atoms with E-state index < -0.39 is 0 Å². The Balaban J connectivity index is 1.31. The van der Waals surface area contributed by atoms with Gasteiger partial charge in [0.2, 0.25) is 6.79 Å². The van der Waals surface area contributed by atoms with E-state index in [1.54, 1.807) is 42.6 Å². The van der Waals surface area contributed by atoms with Gasteiger partial charge in [-0.1, -0.05) is 18.2 Å². The molecule has 3 aromatic carbocycles. The summed E-state index contributed by atoms with van der Waals surface area (Å²) in [4.78, 5) is 12.2. The zero-order valence-electron chi connectivity index (χ0n) is 15.9. The number of nitrogens with one attached hydrogen (secondary N) is 1. The average molecular weight is 399 g/mol. The summed E-state index contributed by atoms with van der Waals surface area (Å²) in [5.41, 5.74) is 5.14. The van der Waals surface area contributed by atoms with Crippen molar-refractivity contribution in [3.63, 3.8) is 0 Å². The number of fused-ring (bicyclic) bond motifs is 1. The van der Waals surface area contributed by atoms with E-state index in [0.717, 1.165) is 11.1 Å². The van der Waals surface area contributed by atoms with Crippen molar-refractivity contribution in [2.75, 3.05) is 6.79 Å². The number of nitrogens with zero attached hydrogens (tertiary/aromatic N) is 2. The maximum Gasteiger partial charge on any atom is 0.271 e. The summed E-state index contributed by atoms with van der Waals surface area (Å²) >= 11 is 0. The minimum Gasteiger partial charge on any atom is -0.489 e.